The fourth-order valence-corrected chi connectivity index (χ4v) is 6.03. The predicted molar refractivity (Wildman–Crippen MR) is 104 cm³/mol. The lowest BCUT2D eigenvalue weighted by atomic mass is 9.92. The van der Waals surface area contributed by atoms with Crippen LogP contribution in [0.4, 0.5) is 0 Å². The first-order chi connectivity index (χ1) is 13.1. The molecule has 2 saturated heterocycles. The van der Waals surface area contributed by atoms with Crippen LogP contribution in [-0.4, -0.2) is 62.8 Å². The van der Waals surface area contributed by atoms with Gasteiger partial charge in [-0.25, -0.2) is 8.42 Å². The minimum atomic E-state index is -3.47. The molecule has 0 bridgehead atoms. The highest BCUT2D eigenvalue weighted by Crippen LogP contribution is 2.28. The van der Waals surface area contributed by atoms with E-state index in [1.807, 2.05) is 17.0 Å². The molecule has 1 N–H and O–H groups in total. The Morgan fingerprint density at radius 1 is 0.963 bits per heavy atom. The number of hydrogen-bond donors (Lipinski definition) is 1. The van der Waals surface area contributed by atoms with Crippen LogP contribution >= 0.6 is 0 Å². The third kappa shape index (κ3) is 3.91. The third-order valence-corrected chi connectivity index (χ3v) is 8.08. The number of benzene rings is 1. The minimum Gasteiger partial charge on any atom is -0.340 e. The molecule has 0 atom stereocenters. The number of piperidine rings is 1. The Balaban J connectivity index is 1.41. The molecule has 3 aliphatic rings. The van der Waals surface area contributed by atoms with E-state index >= 15 is 0 Å². The van der Waals surface area contributed by atoms with E-state index < -0.39 is 10.0 Å². The molecule has 27 heavy (non-hydrogen) atoms. The zero-order valence-corrected chi connectivity index (χ0v) is 16.6. The second-order valence-electron chi connectivity index (χ2n) is 7.89. The van der Waals surface area contributed by atoms with Crippen LogP contribution in [0, 0.1) is 5.92 Å². The Labute approximate surface area is 162 Å². The zero-order valence-electron chi connectivity index (χ0n) is 15.8. The first kappa shape index (κ1) is 18.9. The number of fused-ring (bicyclic) bond motifs is 1. The largest absolute Gasteiger partial charge is 0.340 e. The SMILES string of the molecule is O=C(C1CCN(S(=O)(=O)c2ccc3c(c2)CCCC3)CC1)N1CCNCC1. The van der Waals surface area contributed by atoms with Gasteiger partial charge in [-0.15, -0.1) is 0 Å². The minimum absolute atomic E-state index is 0.0434. The molecule has 148 valence electrons. The van der Waals surface area contributed by atoms with E-state index in [4.69, 9.17) is 0 Å². The molecule has 1 aromatic rings. The molecule has 0 unspecified atom stereocenters. The van der Waals surface area contributed by atoms with Crippen LogP contribution in [0.15, 0.2) is 23.1 Å². The molecular weight excluding hydrogens is 362 g/mol. The van der Waals surface area contributed by atoms with Gasteiger partial charge in [-0.1, -0.05) is 6.07 Å². The highest BCUT2D eigenvalue weighted by Gasteiger charge is 2.34. The summed E-state index contributed by atoms with van der Waals surface area (Å²) in [6, 6.07) is 5.63. The van der Waals surface area contributed by atoms with Gasteiger partial charge in [0, 0.05) is 45.2 Å². The number of nitrogens with one attached hydrogen (secondary N) is 1. The number of sulfonamides is 1. The smallest absolute Gasteiger partial charge is 0.243 e. The number of carbonyl (C=O) groups is 1. The monoisotopic (exact) mass is 391 g/mol. The molecule has 2 heterocycles. The number of aryl methyl sites for hydroxylation is 2. The maximum absolute atomic E-state index is 13.1. The van der Waals surface area contributed by atoms with Gasteiger partial charge in [0.05, 0.1) is 4.90 Å². The molecule has 0 spiro atoms. The lowest BCUT2D eigenvalue weighted by molar-refractivity contribution is -0.137. The van der Waals surface area contributed by atoms with E-state index in [-0.39, 0.29) is 11.8 Å². The molecule has 1 aliphatic carbocycles. The lowest BCUT2D eigenvalue weighted by Crippen LogP contribution is -2.50. The quantitative estimate of drug-likeness (QED) is 0.846. The summed E-state index contributed by atoms with van der Waals surface area (Å²) >= 11 is 0. The molecule has 2 aliphatic heterocycles. The van der Waals surface area contributed by atoms with Gasteiger partial charge in [0.25, 0.3) is 0 Å². The van der Waals surface area contributed by atoms with Gasteiger partial charge in [-0.05, 0) is 61.8 Å². The van der Waals surface area contributed by atoms with Crippen molar-refractivity contribution >= 4 is 15.9 Å². The predicted octanol–water partition coefficient (Wildman–Crippen LogP) is 1.40. The van der Waals surface area contributed by atoms with E-state index in [1.165, 1.54) is 17.5 Å². The summed E-state index contributed by atoms with van der Waals surface area (Å²) in [6.07, 6.45) is 5.58. The van der Waals surface area contributed by atoms with Crippen LogP contribution in [0.3, 0.4) is 0 Å². The van der Waals surface area contributed by atoms with Crippen LogP contribution in [0.1, 0.15) is 36.8 Å². The van der Waals surface area contributed by atoms with Crippen LogP contribution < -0.4 is 5.32 Å². The topological polar surface area (TPSA) is 69.7 Å². The molecule has 0 radical (unpaired) electrons. The van der Waals surface area contributed by atoms with Crippen LogP contribution in [-0.2, 0) is 27.7 Å². The van der Waals surface area contributed by atoms with E-state index in [1.54, 1.807) is 10.4 Å². The maximum Gasteiger partial charge on any atom is 0.243 e. The summed E-state index contributed by atoms with van der Waals surface area (Å²) in [5.41, 5.74) is 2.48. The first-order valence-electron chi connectivity index (χ1n) is 10.2. The van der Waals surface area contributed by atoms with Crippen molar-refractivity contribution in [2.75, 3.05) is 39.3 Å². The van der Waals surface area contributed by atoms with E-state index in [0.29, 0.717) is 30.8 Å². The van der Waals surface area contributed by atoms with Crippen LogP contribution in [0.2, 0.25) is 0 Å². The Hall–Kier alpha value is -1.44. The van der Waals surface area contributed by atoms with E-state index in [2.05, 4.69) is 5.32 Å². The Bertz CT molecular complexity index is 795. The fourth-order valence-electron chi connectivity index (χ4n) is 4.51. The number of piperazine rings is 1. The first-order valence-corrected chi connectivity index (χ1v) is 11.6. The Morgan fingerprint density at radius 3 is 2.33 bits per heavy atom. The Kier molecular flexibility index (Phi) is 5.53. The molecule has 0 aromatic heterocycles. The molecule has 7 heteroatoms. The summed E-state index contributed by atoms with van der Waals surface area (Å²) in [6.45, 7) is 4.07. The molecule has 4 rings (SSSR count). The summed E-state index contributed by atoms with van der Waals surface area (Å²) in [5.74, 6) is 0.153. The number of rotatable bonds is 3. The second-order valence-corrected chi connectivity index (χ2v) is 9.83. The van der Waals surface area contributed by atoms with Gasteiger partial charge in [-0.2, -0.15) is 4.31 Å². The average molecular weight is 392 g/mol. The van der Waals surface area contributed by atoms with E-state index in [0.717, 1.165) is 45.4 Å². The zero-order chi connectivity index (χ0) is 18.9. The fraction of sp³-hybridized carbons (Fsp3) is 0.650. The number of carbonyl (C=O) groups excluding carboxylic acids is 1. The molecule has 0 saturated carbocycles. The summed E-state index contributed by atoms with van der Waals surface area (Å²) in [7, 11) is -3.47. The lowest BCUT2D eigenvalue weighted by Gasteiger charge is -2.35. The van der Waals surface area contributed by atoms with Crippen molar-refractivity contribution in [1.29, 1.82) is 0 Å². The van der Waals surface area contributed by atoms with Gasteiger partial charge in [0.15, 0.2) is 0 Å². The summed E-state index contributed by atoms with van der Waals surface area (Å²) < 4.78 is 27.7. The van der Waals surface area contributed by atoms with Crippen molar-refractivity contribution in [2.24, 2.45) is 5.92 Å². The maximum atomic E-state index is 13.1. The van der Waals surface area contributed by atoms with Crippen LogP contribution in [0.25, 0.3) is 0 Å². The second kappa shape index (κ2) is 7.89. The molecule has 1 amide bonds. The van der Waals surface area contributed by atoms with Crippen molar-refractivity contribution in [1.82, 2.24) is 14.5 Å². The molecule has 6 nitrogen and oxygen atoms in total. The van der Waals surface area contributed by atoms with Gasteiger partial charge >= 0.3 is 0 Å². The van der Waals surface area contributed by atoms with Crippen LogP contribution in [0.5, 0.6) is 0 Å². The van der Waals surface area contributed by atoms with Crippen molar-refractivity contribution in [2.45, 2.75) is 43.4 Å². The van der Waals surface area contributed by atoms with Crippen molar-refractivity contribution in [3.8, 4) is 0 Å². The molecule has 1 aromatic carbocycles. The van der Waals surface area contributed by atoms with Gasteiger partial charge < -0.3 is 10.2 Å². The molecule has 2 fully saturated rings. The van der Waals surface area contributed by atoms with Gasteiger partial charge in [0.1, 0.15) is 0 Å². The average Bonchev–Trinajstić information content (AvgIpc) is 2.73. The highest BCUT2D eigenvalue weighted by molar-refractivity contribution is 7.89. The summed E-state index contributed by atoms with van der Waals surface area (Å²) in [4.78, 5) is 15.0. The highest BCUT2D eigenvalue weighted by atomic mass is 32.2. The number of hydrogen-bond acceptors (Lipinski definition) is 4. The summed E-state index contributed by atoms with van der Waals surface area (Å²) in [5, 5.41) is 3.26. The van der Waals surface area contributed by atoms with Crippen molar-refractivity contribution < 1.29 is 13.2 Å². The third-order valence-electron chi connectivity index (χ3n) is 6.19. The van der Waals surface area contributed by atoms with Crippen molar-refractivity contribution in [3.63, 3.8) is 0 Å². The van der Waals surface area contributed by atoms with E-state index in [9.17, 15) is 13.2 Å². The number of nitrogens with zero attached hydrogens (tertiary/aromatic N) is 2. The standard InChI is InChI=1S/C20H29N3O3S/c24-20(22-13-9-21-10-14-22)17-7-11-23(12-8-17)27(25,26)19-6-5-16-3-1-2-4-18(16)15-19/h5-6,15,17,21H,1-4,7-14H2. The van der Waals surface area contributed by atoms with Gasteiger partial charge in [-0.3, -0.25) is 4.79 Å². The van der Waals surface area contributed by atoms with Gasteiger partial charge in [0.2, 0.25) is 15.9 Å². The number of amides is 1. The normalized spacial score (nSPS) is 22.4. The Morgan fingerprint density at radius 2 is 1.63 bits per heavy atom. The molecular formula is C20H29N3O3S. The van der Waals surface area contributed by atoms with Crippen molar-refractivity contribution in [3.05, 3.63) is 29.3 Å².